The summed E-state index contributed by atoms with van der Waals surface area (Å²) in [6.45, 7) is 6.93. The van der Waals surface area contributed by atoms with Gasteiger partial charge < -0.3 is 14.2 Å². The molecule has 2 heterocycles. The van der Waals surface area contributed by atoms with Gasteiger partial charge in [0.25, 0.3) is 0 Å². The molecule has 0 saturated carbocycles. The number of pyridine rings is 1. The Bertz CT molecular complexity index is 1150. The number of carbonyl (C=O) groups is 3. The number of esters is 2. The maximum absolute atomic E-state index is 12.8. The molecule has 3 rings (SSSR count). The Labute approximate surface area is 187 Å². The van der Waals surface area contributed by atoms with Gasteiger partial charge in [-0.2, -0.15) is 0 Å². The maximum atomic E-state index is 12.8. The monoisotopic (exact) mass is 488 g/mol. The molecule has 31 heavy (non-hydrogen) atoms. The normalized spacial score (nSPS) is 11.3. The molecular weight excluding hydrogens is 468 g/mol. The van der Waals surface area contributed by atoms with Crippen LogP contribution in [0.1, 0.15) is 48.5 Å². The summed E-state index contributed by atoms with van der Waals surface area (Å²) in [5.41, 5.74) is -0.309. The van der Waals surface area contributed by atoms with Gasteiger partial charge in [0.05, 0.1) is 12.2 Å². The Kier molecular flexibility index (Phi) is 6.45. The van der Waals surface area contributed by atoms with E-state index in [1.807, 2.05) is 0 Å². The van der Waals surface area contributed by atoms with E-state index >= 15 is 0 Å². The number of ether oxygens (including phenoxy) is 3. The molecule has 0 aliphatic carbocycles. The van der Waals surface area contributed by atoms with Gasteiger partial charge in [-0.3, -0.25) is 0 Å². The van der Waals surface area contributed by atoms with Crippen molar-refractivity contribution in [1.82, 2.24) is 9.55 Å². The first-order chi connectivity index (χ1) is 14.6. The van der Waals surface area contributed by atoms with Crippen LogP contribution >= 0.6 is 15.9 Å². The number of nitrogens with zero attached hydrogens (tertiary/aromatic N) is 2. The smallest absolute Gasteiger partial charge is 0.420 e. The molecule has 0 bridgehead atoms. The van der Waals surface area contributed by atoms with Crippen LogP contribution in [-0.4, -0.2) is 39.8 Å². The Hall–Kier alpha value is -3.20. The number of fused-ring (bicyclic) bond motifs is 1. The quantitative estimate of drug-likeness (QED) is 0.377. The minimum atomic E-state index is -0.790. The first-order valence-corrected chi connectivity index (χ1v) is 10.3. The van der Waals surface area contributed by atoms with E-state index in [1.165, 1.54) is 12.1 Å². The SMILES string of the molecule is CCOC(=O)c1cc2cc(OC(=O)c3ccccc3)c(Br)nc2n1C(=O)OC(C)(C)C. The third-order valence-electron chi connectivity index (χ3n) is 3.97. The average molecular weight is 489 g/mol. The molecule has 0 atom stereocenters. The third-order valence-corrected chi connectivity index (χ3v) is 4.54. The van der Waals surface area contributed by atoms with Crippen molar-refractivity contribution in [1.29, 1.82) is 0 Å². The predicted molar refractivity (Wildman–Crippen MR) is 116 cm³/mol. The van der Waals surface area contributed by atoms with E-state index in [0.29, 0.717) is 10.9 Å². The van der Waals surface area contributed by atoms with E-state index in [2.05, 4.69) is 20.9 Å². The second kappa shape index (κ2) is 8.89. The first kappa shape index (κ1) is 22.5. The number of rotatable bonds is 4. The lowest BCUT2D eigenvalue weighted by Crippen LogP contribution is -2.29. The Morgan fingerprint density at radius 1 is 1.06 bits per heavy atom. The van der Waals surface area contributed by atoms with Gasteiger partial charge >= 0.3 is 18.0 Å². The summed E-state index contributed by atoms with van der Waals surface area (Å²) >= 11 is 3.27. The lowest BCUT2D eigenvalue weighted by atomic mass is 10.2. The summed E-state index contributed by atoms with van der Waals surface area (Å²) in [4.78, 5) is 42.0. The second-order valence-electron chi connectivity index (χ2n) is 7.51. The van der Waals surface area contributed by atoms with Crippen molar-refractivity contribution in [2.24, 2.45) is 0 Å². The Morgan fingerprint density at radius 3 is 2.35 bits per heavy atom. The van der Waals surface area contributed by atoms with Crippen LogP contribution in [0.4, 0.5) is 4.79 Å². The van der Waals surface area contributed by atoms with E-state index in [1.54, 1.807) is 58.0 Å². The topological polar surface area (TPSA) is 96.7 Å². The highest BCUT2D eigenvalue weighted by molar-refractivity contribution is 9.10. The molecule has 0 fully saturated rings. The van der Waals surface area contributed by atoms with Crippen molar-refractivity contribution in [3.05, 3.63) is 58.3 Å². The Morgan fingerprint density at radius 2 is 1.74 bits per heavy atom. The summed E-state index contributed by atoms with van der Waals surface area (Å²) in [6, 6.07) is 11.4. The van der Waals surface area contributed by atoms with Crippen LogP contribution in [0.15, 0.2) is 47.1 Å². The molecule has 0 spiro atoms. The zero-order valence-electron chi connectivity index (χ0n) is 17.5. The summed E-state index contributed by atoms with van der Waals surface area (Å²) in [5, 5.41) is 0.396. The molecule has 0 N–H and O–H groups in total. The fourth-order valence-corrected chi connectivity index (χ4v) is 3.10. The van der Waals surface area contributed by atoms with Crippen LogP contribution < -0.4 is 4.74 Å². The van der Waals surface area contributed by atoms with Gasteiger partial charge in [0.15, 0.2) is 16.0 Å². The lowest BCUT2D eigenvalue weighted by Gasteiger charge is -2.20. The zero-order chi connectivity index (χ0) is 22.8. The number of benzene rings is 1. The third kappa shape index (κ3) is 5.11. The van der Waals surface area contributed by atoms with Gasteiger partial charge in [-0.05, 0) is 67.9 Å². The van der Waals surface area contributed by atoms with Crippen molar-refractivity contribution >= 4 is 45.0 Å². The molecule has 8 nitrogen and oxygen atoms in total. The number of hydrogen-bond acceptors (Lipinski definition) is 7. The highest BCUT2D eigenvalue weighted by Gasteiger charge is 2.27. The van der Waals surface area contributed by atoms with Crippen molar-refractivity contribution in [3.63, 3.8) is 0 Å². The number of carbonyl (C=O) groups excluding carboxylic acids is 3. The fourth-order valence-electron chi connectivity index (χ4n) is 2.74. The molecule has 3 aromatic rings. The van der Waals surface area contributed by atoms with Crippen LogP contribution in [0.3, 0.4) is 0 Å². The van der Waals surface area contributed by atoms with Crippen molar-refractivity contribution in [2.75, 3.05) is 6.61 Å². The minimum absolute atomic E-state index is 0.0444. The predicted octanol–water partition coefficient (Wildman–Crippen LogP) is 4.98. The summed E-state index contributed by atoms with van der Waals surface area (Å²) in [6.07, 6.45) is -0.779. The van der Waals surface area contributed by atoms with Gasteiger partial charge in [-0.25, -0.2) is 23.9 Å². The van der Waals surface area contributed by atoms with Gasteiger partial charge in [-0.15, -0.1) is 0 Å². The second-order valence-corrected chi connectivity index (χ2v) is 8.26. The van der Waals surface area contributed by atoms with Crippen LogP contribution in [-0.2, 0) is 9.47 Å². The summed E-state index contributed by atoms with van der Waals surface area (Å²) < 4.78 is 17.2. The highest BCUT2D eigenvalue weighted by Crippen LogP contribution is 2.31. The largest absolute Gasteiger partial charge is 0.461 e. The molecule has 0 radical (unpaired) electrons. The summed E-state index contributed by atoms with van der Waals surface area (Å²) in [5.74, 6) is -1.14. The van der Waals surface area contributed by atoms with Gasteiger partial charge in [0.2, 0.25) is 0 Å². The molecule has 0 saturated heterocycles. The molecule has 9 heteroatoms. The minimum Gasteiger partial charge on any atom is -0.461 e. The van der Waals surface area contributed by atoms with E-state index in [4.69, 9.17) is 14.2 Å². The number of hydrogen-bond donors (Lipinski definition) is 0. The average Bonchev–Trinajstić information content (AvgIpc) is 3.06. The van der Waals surface area contributed by atoms with Crippen LogP contribution in [0, 0.1) is 0 Å². The van der Waals surface area contributed by atoms with E-state index < -0.39 is 23.6 Å². The molecule has 0 aliphatic heterocycles. The Balaban J connectivity index is 2.07. The van der Waals surface area contributed by atoms with Crippen molar-refractivity contribution in [3.8, 4) is 5.75 Å². The molecule has 1 aromatic carbocycles. The fraction of sp³-hybridized carbons (Fsp3) is 0.273. The van der Waals surface area contributed by atoms with Crippen LogP contribution in [0.2, 0.25) is 0 Å². The van der Waals surface area contributed by atoms with Gasteiger partial charge in [-0.1, -0.05) is 18.2 Å². The molecule has 0 unspecified atom stereocenters. The standard InChI is InChI=1S/C22H21BrN2O6/c1-5-29-20(27)15-11-14-12-16(30-19(26)13-9-7-6-8-10-13)17(23)24-18(14)25(15)21(28)31-22(2,3)4/h6-12H,5H2,1-4H3. The van der Waals surface area contributed by atoms with Crippen LogP contribution in [0.25, 0.3) is 11.0 Å². The van der Waals surface area contributed by atoms with Crippen LogP contribution in [0.5, 0.6) is 5.75 Å². The first-order valence-electron chi connectivity index (χ1n) is 9.50. The molecule has 162 valence electrons. The van der Waals surface area contributed by atoms with Gasteiger partial charge in [0, 0.05) is 5.39 Å². The van der Waals surface area contributed by atoms with E-state index in [9.17, 15) is 14.4 Å². The summed E-state index contributed by atoms with van der Waals surface area (Å²) in [7, 11) is 0. The zero-order valence-corrected chi connectivity index (χ0v) is 19.1. The van der Waals surface area contributed by atoms with Crippen molar-refractivity contribution < 1.29 is 28.6 Å². The van der Waals surface area contributed by atoms with E-state index in [0.717, 1.165) is 4.57 Å². The maximum Gasteiger partial charge on any atom is 0.420 e. The molecule has 0 aliphatic rings. The molecular formula is C22H21BrN2O6. The van der Waals surface area contributed by atoms with Crippen molar-refractivity contribution in [2.45, 2.75) is 33.3 Å². The van der Waals surface area contributed by atoms with Gasteiger partial charge in [0.1, 0.15) is 11.3 Å². The number of aromatic nitrogens is 2. The molecule has 2 aromatic heterocycles. The molecule has 0 amide bonds. The number of halogens is 1. The highest BCUT2D eigenvalue weighted by atomic mass is 79.9. The lowest BCUT2D eigenvalue weighted by molar-refractivity contribution is 0.0453. The van der Waals surface area contributed by atoms with E-state index in [-0.39, 0.29) is 28.3 Å².